The van der Waals surface area contributed by atoms with Crippen LogP contribution in [0.1, 0.15) is 5.56 Å². The van der Waals surface area contributed by atoms with Crippen LogP contribution in [0, 0.1) is 0 Å². The van der Waals surface area contributed by atoms with Gasteiger partial charge in [-0.1, -0.05) is 18.7 Å². The summed E-state index contributed by atoms with van der Waals surface area (Å²) in [5, 5.41) is 0. The zero-order valence-electron chi connectivity index (χ0n) is 7.79. The lowest BCUT2D eigenvalue weighted by Crippen LogP contribution is -1.95. The summed E-state index contributed by atoms with van der Waals surface area (Å²) >= 11 is 0. The number of ether oxygens (including phenoxy) is 1. The summed E-state index contributed by atoms with van der Waals surface area (Å²) in [6.07, 6.45) is 0. The molecule has 0 amide bonds. The largest absolute Gasteiger partial charge is 0.497 e. The van der Waals surface area contributed by atoms with Gasteiger partial charge in [0.1, 0.15) is 5.75 Å². The maximum atomic E-state index is 5.08. The van der Waals surface area contributed by atoms with E-state index in [1.807, 2.05) is 12.1 Å². The van der Waals surface area contributed by atoms with E-state index >= 15 is 0 Å². The standard InChI is InChI=1S/C11H13NO/c1-9-7-12(9)8-10-3-5-11(13-2)6-4-10/h3-6H,1,7-8H2,2H3. The number of hydrogen-bond acceptors (Lipinski definition) is 2. The number of methoxy groups -OCH3 is 1. The van der Waals surface area contributed by atoms with Gasteiger partial charge in [-0.2, -0.15) is 0 Å². The van der Waals surface area contributed by atoms with Crippen LogP contribution in [-0.2, 0) is 6.54 Å². The molecule has 0 aromatic heterocycles. The molecule has 2 rings (SSSR count). The first kappa shape index (κ1) is 8.17. The summed E-state index contributed by atoms with van der Waals surface area (Å²) in [6, 6.07) is 8.15. The lowest BCUT2D eigenvalue weighted by atomic mass is 10.2. The maximum Gasteiger partial charge on any atom is 0.118 e. The van der Waals surface area contributed by atoms with Crippen LogP contribution in [0.3, 0.4) is 0 Å². The summed E-state index contributed by atoms with van der Waals surface area (Å²) in [5.41, 5.74) is 2.54. The second kappa shape index (κ2) is 3.13. The molecule has 0 radical (unpaired) electrons. The Morgan fingerprint density at radius 1 is 1.38 bits per heavy atom. The Morgan fingerprint density at radius 3 is 2.46 bits per heavy atom. The van der Waals surface area contributed by atoms with Gasteiger partial charge in [0, 0.05) is 12.2 Å². The molecule has 1 saturated heterocycles. The van der Waals surface area contributed by atoms with Crippen LogP contribution in [0.4, 0.5) is 0 Å². The number of nitrogens with zero attached hydrogens (tertiary/aromatic N) is 1. The van der Waals surface area contributed by atoms with E-state index in [0.29, 0.717) is 0 Å². The fourth-order valence-corrected chi connectivity index (χ4v) is 1.30. The SMILES string of the molecule is C=C1CN1Cc1ccc(OC)cc1. The van der Waals surface area contributed by atoms with Gasteiger partial charge in [-0.25, -0.2) is 0 Å². The number of benzene rings is 1. The van der Waals surface area contributed by atoms with Crippen LogP contribution >= 0.6 is 0 Å². The predicted octanol–water partition coefficient (Wildman–Crippen LogP) is 2.02. The quantitative estimate of drug-likeness (QED) is 0.651. The van der Waals surface area contributed by atoms with Crippen LogP contribution in [0.2, 0.25) is 0 Å². The van der Waals surface area contributed by atoms with Crippen molar-refractivity contribution >= 4 is 0 Å². The van der Waals surface area contributed by atoms with Gasteiger partial charge in [0.2, 0.25) is 0 Å². The zero-order chi connectivity index (χ0) is 9.26. The van der Waals surface area contributed by atoms with Crippen LogP contribution < -0.4 is 4.74 Å². The Kier molecular flexibility index (Phi) is 1.97. The molecule has 0 unspecified atom stereocenters. The highest BCUT2D eigenvalue weighted by atomic mass is 16.5. The molecule has 68 valence electrons. The highest BCUT2D eigenvalue weighted by Crippen LogP contribution is 2.23. The Hall–Kier alpha value is -1.44. The van der Waals surface area contributed by atoms with Crippen molar-refractivity contribution in [3.05, 3.63) is 42.1 Å². The first-order chi connectivity index (χ1) is 6.29. The molecule has 0 saturated carbocycles. The smallest absolute Gasteiger partial charge is 0.118 e. The van der Waals surface area contributed by atoms with Gasteiger partial charge in [0.25, 0.3) is 0 Å². The highest BCUT2D eigenvalue weighted by Gasteiger charge is 2.21. The fourth-order valence-electron chi connectivity index (χ4n) is 1.30. The highest BCUT2D eigenvalue weighted by molar-refractivity contribution is 5.28. The zero-order valence-corrected chi connectivity index (χ0v) is 7.79. The molecule has 1 aliphatic heterocycles. The summed E-state index contributed by atoms with van der Waals surface area (Å²) in [4.78, 5) is 2.24. The Labute approximate surface area is 78.4 Å². The molecule has 2 heteroatoms. The minimum atomic E-state index is 0.911. The van der Waals surface area contributed by atoms with Crippen LogP contribution in [0.5, 0.6) is 5.75 Å². The molecule has 0 bridgehead atoms. The first-order valence-electron chi connectivity index (χ1n) is 4.35. The molecule has 1 aromatic carbocycles. The fraction of sp³-hybridized carbons (Fsp3) is 0.273. The van der Waals surface area contributed by atoms with Crippen LogP contribution in [-0.4, -0.2) is 18.6 Å². The molecule has 0 spiro atoms. The Balaban J connectivity index is 2.01. The maximum absolute atomic E-state index is 5.08. The minimum absolute atomic E-state index is 0.911. The van der Waals surface area contributed by atoms with Crippen molar-refractivity contribution in [2.45, 2.75) is 6.54 Å². The molecule has 0 atom stereocenters. The third-order valence-corrected chi connectivity index (χ3v) is 2.25. The Morgan fingerprint density at radius 2 is 2.00 bits per heavy atom. The average Bonchev–Trinajstić information content (AvgIpc) is 2.83. The van der Waals surface area contributed by atoms with Crippen molar-refractivity contribution in [2.24, 2.45) is 0 Å². The predicted molar refractivity (Wildman–Crippen MR) is 52.5 cm³/mol. The van der Waals surface area contributed by atoms with E-state index in [1.54, 1.807) is 7.11 Å². The first-order valence-corrected chi connectivity index (χ1v) is 4.35. The van der Waals surface area contributed by atoms with Gasteiger partial charge in [-0.15, -0.1) is 0 Å². The van der Waals surface area contributed by atoms with Gasteiger partial charge in [0.15, 0.2) is 0 Å². The molecule has 0 aliphatic carbocycles. The molecular formula is C11H13NO. The molecule has 13 heavy (non-hydrogen) atoms. The molecule has 0 N–H and O–H groups in total. The van der Waals surface area contributed by atoms with Crippen molar-refractivity contribution in [3.8, 4) is 5.75 Å². The van der Waals surface area contributed by atoms with E-state index in [1.165, 1.54) is 11.3 Å². The van der Waals surface area contributed by atoms with E-state index in [4.69, 9.17) is 4.74 Å². The van der Waals surface area contributed by atoms with Crippen molar-refractivity contribution in [1.29, 1.82) is 0 Å². The second-order valence-corrected chi connectivity index (χ2v) is 3.27. The molecule has 1 heterocycles. The minimum Gasteiger partial charge on any atom is -0.497 e. The van der Waals surface area contributed by atoms with Crippen molar-refractivity contribution in [3.63, 3.8) is 0 Å². The molecule has 1 fully saturated rings. The van der Waals surface area contributed by atoms with Gasteiger partial charge in [-0.05, 0) is 17.7 Å². The summed E-state index contributed by atoms with van der Waals surface area (Å²) < 4.78 is 5.08. The second-order valence-electron chi connectivity index (χ2n) is 3.27. The van der Waals surface area contributed by atoms with Crippen molar-refractivity contribution in [1.82, 2.24) is 4.90 Å². The molecule has 1 aliphatic rings. The third-order valence-electron chi connectivity index (χ3n) is 2.25. The topological polar surface area (TPSA) is 12.2 Å². The van der Waals surface area contributed by atoms with E-state index in [-0.39, 0.29) is 0 Å². The van der Waals surface area contributed by atoms with E-state index < -0.39 is 0 Å². The van der Waals surface area contributed by atoms with Gasteiger partial charge in [-0.3, -0.25) is 0 Å². The average molecular weight is 175 g/mol. The van der Waals surface area contributed by atoms with Crippen LogP contribution in [0.15, 0.2) is 36.5 Å². The normalized spacial score (nSPS) is 14.5. The van der Waals surface area contributed by atoms with E-state index in [2.05, 4.69) is 23.6 Å². The monoisotopic (exact) mass is 175 g/mol. The van der Waals surface area contributed by atoms with E-state index in [0.717, 1.165) is 18.8 Å². The number of rotatable bonds is 3. The lowest BCUT2D eigenvalue weighted by molar-refractivity contribution is 0.414. The van der Waals surface area contributed by atoms with Crippen molar-refractivity contribution < 1.29 is 4.74 Å². The summed E-state index contributed by atoms with van der Waals surface area (Å²) in [6.45, 7) is 5.90. The Bertz CT molecular complexity index is 315. The molecular weight excluding hydrogens is 162 g/mol. The summed E-state index contributed by atoms with van der Waals surface area (Å²) in [7, 11) is 1.68. The molecule has 1 aromatic rings. The van der Waals surface area contributed by atoms with Gasteiger partial charge in [0.05, 0.1) is 13.7 Å². The lowest BCUT2D eigenvalue weighted by Gasteiger charge is -2.03. The van der Waals surface area contributed by atoms with Crippen molar-refractivity contribution in [2.75, 3.05) is 13.7 Å². The number of hydrogen-bond donors (Lipinski definition) is 0. The van der Waals surface area contributed by atoms with Gasteiger partial charge >= 0.3 is 0 Å². The van der Waals surface area contributed by atoms with E-state index in [9.17, 15) is 0 Å². The van der Waals surface area contributed by atoms with Crippen LogP contribution in [0.25, 0.3) is 0 Å². The van der Waals surface area contributed by atoms with Gasteiger partial charge < -0.3 is 9.64 Å². The molecule has 2 nitrogen and oxygen atoms in total. The summed E-state index contributed by atoms with van der Waals surface area (Å²) in [5.74, 6) is 0.911. The third kappa shape index (κ3) is 1.83.